The molecule has 5 rings (SSSR count). The second-order valence-electron chi connectivity index (χ2n) is 15.4. The van der Waals surface area contributed by atoms with Gasteiger partial charge in [-0.25, -0.2) is 4.79 Å². The van der Waals surface area contributed by atoms with Crippen molar-refractivity contribution in [1.82, 2.24) is 0 Å². The van der Waals surface area contributed by atoms with Gasteiger partial charge in [-0.15, -0.1) is 0 Å². The molecule has 0 aliphatic carbocycles. The van der Waals surface area contributed by atoms with E-state index in [2.05, 4.69) is 115 Å². The molecule has 5 nitrogen and oxygen atoms in total. The van der Waals surface area contributed by atoms with E-state index in [-0.39, 0.29) is 29.3 Å². The van der Waals surface area contributed by atoms with Crippen molar-refractivity contribution in [3.8, 4) is 0 Å². The maximum absolute atomic E-state index is 13.0. The monoisotopic (exact) mass is 668 g/mol. The van der Waals surface area contributed by atoms with Crippen molar-refractivity contribution in [3.63, 3.8) is 0 Å². The maximum Gasteiger partial charge on any atom is 0.338 e. The zero-order chi connectivity index (χ0) is 34.4. The highest BCUT2D eigenvalue weighted by Gasteiger charge is 2.50. The molecule has 2 saturated heterocycles. The number of carbonyl (C=O) groups is 1. The van der Waals surface area contributed by atoms with Gasteiger partial charge in [-0.05, 0) is 72.5 Å². The number of rotatable bonds is 11. The largest absolute Gasteiger partial charge is 0.458 e. The zero-order valence-corrected chi connectivity index (χ0v) is 31.1. The SMILES string of the molecule is C/C(=C\C[C@@H]1C[C@H](OC(=O)c2ccccc2)C[C@]2(CC[C@H](C)[C@@H](C)O2)O1)C[C@@H](C)CO[Si](c1ccccc1)(c1ccccc1)C(C)(C)C. The van der Waals surface area contributed by atoms with E-state index in [0.29, 0.717) is 36.8 Å². The molecule has 3 aromatic carbocycles. The zero-order valence-electron chi connectivity index (χ0n) is 30.1. The fourth-order valence-corrected chi connectivity index (χ4v) is 12.3. The van der Waals surface area contributed by atoms with Crippen LogP contribution >= 0.6 is 0 Å². The van der Waals surface area contributed by atoms with Crippen LogP contribution in [0.25, 0.3) is 0 Å². The van der Waals surface area contributed by atoms with Crippen LogP contribution in [0.2, 0.25) is 5.04 Å². The van der Waals surface area contributed by atoms with Crippen LogP contribution < -0.4 is 10.4 Å². The number of carbonyl (C=O) groups excluding carboxylic acids is 1. The Kier molecular flexibility index (Phi) is 11.8. The summed E-state index contributed by atoms with van der Waals surface area (Å²) in [4.78, 5) is 13.0. The molecular weight excluding hydrogens is 613 g/mol. The van der Waals surface area contributed by atoms with Crippen molar-refractivity contribution < 1.29 is 23.4 Å². The van der Waals surface area contributed by atoms with Gasteiger partial charge in [0.25, 0.3) is 8.32 Å². The summed E-state index contributed by atoms with van der Waals surface area (Å²) in [5, 5.41) is 2.57. The van der Waals surface area contributed by atoms with E-state index in [9.17, 15) is 4.79 Å². The van der Waals surface area contributed by atoms with Crippen molar-refractivity contribution in [2.45, 2.75) is 116 Å². The summed E-state index contributed by atoms with van der Waals surface area (Å²) in [5.41, 5.74) is 1.90. The molecular formula is C42H56O5Si. The Morgan fingerprint density at radius 3 is 2.08 bits per heavy atom. The highest BCUT2D eigenvalue weighted by Crippen LogP contribution is 2.43. The number of hydrogen-bond donors (Lipinski definition) is 0. The van der Waals surface area contributed by atoms with Crippen molar-refractivity contribution >= 4 is 24.7 Å². The van der Waals surface area contributed by atoms with E-state index in [1.807, 2.05) is 18.2 Å². The molecule has 3 aromatic rings. The quantitative estimate of drug-likeness (QED) is 0.116. The van der Waals surface area contributed by atoms with Gasteiger partial charge in [-0.1, -0.05) is 125 Å². The van der Waals surface area contributed by atoms with E-state index < -0.39 is 14.1 Å². The minimum atomic E-state index is -2.58. The Morgan fingerprint density at radius 1 is 0.938 bits per heavy atom. The Hall–Kier alpha value is -3.03. The summed E-state index contributed by atoms with van der Waals surface area (Å²) in [6, 6.07) is 31.0. The van der Waals surface area contributed by atoms with Crippen LogP contribution in [0.15, 0.2) is 103 Å². The van der Waals surface area contributed by atoms with Crippen LogP contribution in [0.3, 0.4) is 0 Å². The average molecular weight is 669 g/mol. The van der Waals surface area contributed by atoms with Crippen LogP contribution in [0.1, 0.15) is 97.3 Å². The van der Waals surface area contributed by atoms with Gasteiger partial charge in [-0.3, -0.25) is 0 Å². The molecule has 6 heteroatoms. The molecule has 2 aliphatic heterocycles. The molecule has 2 fully saturated rings. The summed E-state index contributed by atoms with van der Waals surface area (Å²) in [6.45, 7) is 16.5. The first kappa shape index (κ1) is 36.3. The third-order valence-electron chi connectivity index (χ3n) is 10.3. The Labute approximate surface area is 290 Å². The molecule has 0 aromatic heterocycles. The number of benzene rings is 3. The van der Waals surface area contributed by atoms with Crippen molar-refractivity contribution in [2.24, 2.45) is 11.8 Å². The second kappa shape index (κ2) is 15.7. The van der Waals surface area contributed by atoms with E-state index >= 15 is 0 Å². The maximum atomic E-state index is 13.0. The lowest BCUT2D eigenvalue weighted by atomic mass is 9.86. The van der Waals surface area contributed by atoms with E-state index in [0.717, 1.165) is 25.7 Å². The molecule has 1 spiro atoms. The van der Waals surface area contributed by atoms with Crippen molar-refractivity contribution in [1.29, 1.82) is 0 Å². The first-order valence-electron chi connectivity index (χ1n) is 17.9. The number of hydrogen-bond acceptors (Lipinski definition) is 5. The lowest BCUT2D eigenvalue weighted by Crippen LogP contribution is -2.66. The van der Waals surface area contributed by atoms with Crippen LogP contribution in [0.5, 0.6) is 0 Å². The van der Waals surface area contributed by atoms with Gasteiger partial charge < -0.3 is 18.6 Å². The topological polar surface area (TPSA) is 54.0 Å². The van der Waals surface area contributed by atoms with Crippen LogP contribution in [-0.4, -0.2) is 45.0 Å². The van der Waals surface area contributed by atoms with Gasteiger partial charge in [0.1, 0.15) is 6.10 Å². The minimum Gasteiger partial charge on any atom is -0.458 e. The molecule has 0 amide bonds. The van der Waals surface area contributed by atoms with E-state index in [4.69, 9.17) is 18.6 Å². The average Bonchev–Trinajstić information content (AvgIpc) is 3.06. The van der Waals surface area contributed by atoms with Crippen LogP contribution in [-0.2, 0) is 18.6 Å². The molecule has 258 valence electrons. The second-order valence-corrected chi connectivity index (χ2v) is 19.7. The van der Waals surface area contributed by atoms with Gasteiger partial charge in [-0.2, -0.15) is 0 Å². The smallest absolute Gasteiger partial charge is 0.338 e. The third-order valence-corrected chi connectivity index (χ3v) is 15.3. The Bertz CT molecular complexity index is 1450. The normalized spacial score (nSPS) is 25.9. The van der Waals surface area contributed by atoms with Gasteiger partial charge in [0, 0.05) is 25.9 Å². The van der Waals surface area contributed by atoms with Crippen molar-refractivity contribution in [3.05, 3.63) is 108 Å². The summed E-state index contributed by atoms with van der Waals surface area (Å²) in [6.07, 6.45) is 6.82. The first-order valence-corrected chi connectivity index (χ1v) is 19.8. The highest BCUT2D eigenvalue weighted by atomic mass is 28.4. The molecule has 0 bridgehead atoms. The number of esters is 1. The standard InChI is InChI=1S/C42H56O5Si/c1-31(27-32(2)30-44-48(41(5,6)7,38-19-13-9-14-20-38)39-21-15-10-16-22-39)23-24-36-28-37(45-40(43)35-17-11-8-12-18-35)29-42(47-36)26-25-33(3)34(4)46-42/h8-23,32-34,36-37H,24-30H2,1-7H3/b31-23+/t32-,33+,34-,36-,37+,42+/m1/s1. The molecule has 48 heavy (non-hydrogen) atoms. The predicted molar refractivity (Wildman–Crippen MR) is 197 cm³/mol. The molecule has 2 heterocycles. The predicted octanol–water partition coefficient (Wildman–Crippen LogP) is 8.86. The van der Waals surface area contributed by atoms with Gasteiger partial charge in [0.05, 0.1) is 17.8 Å². The Morgan fingerprint density at radius 2 is 1.52 bits per heavy atom. The van der Waals surface area contributed by atoms with Gasteiger partial charge in [0.2, 0.25) is 0 Å². The molecule has 0 saturated carbocycles. The van der Waals surface area contributed by atoms with Gasteiger partial charge in [0.15, 0.2) is 5.79 Å². The summed E-state index contributed by atoms with van der Waals surface area (Å²) < 4.78 is 26.6. The van der Waals surface area contributed by atoms with Crippen LogP contribution in [0.4, 0.5) is 0 Å². The summed E-state index contributed by atoms with van der Waals surface area (Å²) in [5.74, 6) is -0.186. The minimum absolute atomic E-state index is 0.0500. The molecule has 0 radical (unpaired) electrons. The molecule has 6 atom stereocenters. The first-order chi connectivity index (χ1) is 22.9. The molecule has 0 unspecified atom stereocenters. The number of ether oxygens (including phenoxy) is 3. The molecule has 0 N–H and O–H groups in total. The summed E-state index contributed by atoms with van der Waals surface area (Å²) in [7, 11) is -2.58. The Balaban J connectivity index is 1.27. The number of allylic oxidation sites excluding steroid dienone is 1. The molecule has 2 aliphatic rings. The van der Waals surface area contributed by atoms with Crippen LogP contribution in [0, 0.1) is 11.8 Å². The fourth-order valence-electron chi connectivity index (χ4n) is 7.64. The van der Waals surface area contributed by atoms with Crippen molar-refractivity contribution in [2.75, 3.05) is 6.61 Å². The highest BCUT2D eigenvalue weighted by molar-refractivity contribution is 6.99. The third kappa shape index (κ3) is 8.57. The van der Waals surface area contributed by atoms with Gasteiger partial charge >= 0.3 is 5.97 Å². The van der Waals surface area contributed by atoms with E-state index in [1.54, 1.807) is 12.1 Å². The lowest BCUT2D eigenvalue weighted by Gasteiger charge is -2.49. The summed E-state index contributed by atoms with van der Waals surface area (Å²) >= 11 is 0. The fraction of sp³-hybridized carbons (Fsp3) is 0.500. The van der Waals surface area contributed by atoms with E-state index in [1.165, 1.54) is 15.9 Å². The lowest BCUT2D eigenvalue weighted by molar-refractivity contribution is -0.331.